The topological polar surface area (TPSA) is 72.7 Å². The van der Waals surface area contributed by atoms with E-state index in [2.05, 4.69) is 20.4 Å². The molecule has 0 bridgehead atoms. The number of halogens is 1. The van der Waals surface area contributed by atoms with Gasteiger partial charge in [-0.25, -0.2) is 9.97 Å². The standard InChI is InChI=1S/C14H18ClN5O/c1-14(2,3)10-5-9(6-11(15)18-10)13(21)16-7-12-17-8-20(4)19-12/h5-6,8H,7H2,1-4H3,(H,16,21). The van der Waals surface area contributed by atoms with Gasteiger partial charge in [0.05, 0.1) is 6.54 Å². The van der Waals surface area contributed by atoms with Gasteiger partial charge in [-0.3, -0.25) is 9.48 Å². The summed E-state index contributed by atoms with van der Waals surface area (Å²) >= 11 is 6.00. The molecule has 2 aromatic heterocycles. The lowest BCUT2D eigenvalue weighted by Gasteiger charge is -2.18. The van der Waals surface area contributed by atoms with Crippen molar-refractivity contribution in [2.45, 2.75) is 32.7 Å². The van der Waals surface area contributed by atoms with Crippen LogP contribution in [0.25, 0.3) is 0 Å². The Bertz CT molecular complexity index is 660. The van der Waals surface area contributed by atoms with Crippen molar-refractivity contribution in [2.75, 3.05) is 0 Å². The number of amides is 1. The Hall–Kier alpha value is -1.95. The molecule has 0 aromatic carbocycles. The first-order valence-corrected chi connectivity index (χ1v) is 6.94. The van der Waals surface area contributed by atoms with Gasteiger partial charge in [-0.1, -0.05) is 32.4 Å². The fourth-order valence-corrected chi connectivity index (χ4v) is 1.95. The summed E-state index contributed by atoms with van der Waals surface area (Å²) in [5, 5.41) is 7.18. The van der Waals surface area contributed by atoms with E-state index in [0.29, 0.717) is 16.5 Å². The van der Waals surface area contributed by atoms with Gasteiger partial charge >= 0.3 is 0 Å². The minimum atomic E-state index is -0.225. The molecule has 0 radical (unpaired) electrons. The van der Waals surface area contributed by atoms with Crippen LogP contribution in [0.3, 0.4) is 0 Å². The van der Waals surface area contributed by atoms with Crippen molar-refractivity contribution < 1.29 is 4.79 Å². The first-order chi connectivity index (χ1) is 9.75. The highest BCUT2D eigenvalue weighted by Crippen LogP contribution is 2.23. The third kappa shape index (κ3) is 4.01. The van der Waals surface area contributed by atoms with Gasteiger partial charge in [0.1, 0.15) is 11.5 Å². The van der Waals surface area contributed by atoms with Crippen molar-refractivity contribution in [1.29, 1.82) is 0 Å². The van der Waals surface area contributed by atoms with Gasteiger partial charge in [0.25, 0.3) is 5.91 Å². The quantitative estimate of drug-likeness (QED) is 0.881. The molecule has 2 aromatic rings. The van der Waals surface area contributed by atoms with E-state index in [4.69, 9.17) is 11.6 Å². The molecular weight excluding hydrogens is 290 g/mol. The van der Waals surface area contributed by atoms with Gasteiger partial charge in [-0.15, -0.1) is 0 Å². The molecule has 2 heterocycles. The molecule has 0 saturated carbocycles. The summed E-state index contributed by atoms with van der Waals surface area (Å²) in [6, 6.07) is 3.31. The van der Waals surface area contributed by atoms with Gasteiger partial charge in [0, 0.05) is 23.7 Å². The zero-order valence-electron chi connectivity index (χ0n) is 12.5. The first kappa shape index (κ1) is 15.4. The van der Waals surface area contributed by atoms with Crippen LogP contribution in [-0.4, -0.2) is 25.7 Å². The molecular formula is C14H18ClN5O. The van der Waals surface area contributed by atoms with Crippen molar-refractivity contribution in [3.05, 3.63) is 40.7 Å². The Kier molecular flexibility index (Phi) is 4.27. The summed E-state index contributed by atoms with van der Waals surface area (Å²) in [7, 11) is 1.77. The van der Waals surface area contributed by atoms with E-state index in [1.807, 2.05) is 20.8 Å². The van der Waals surface area contributed by atoms with Crippen molar-refractivity contribution in [2.24, 2.45) is 7.05 Å². The predicted octanol–water partition coefficient (Wildman–Crippen LogP) is 2.09. The highest BCUT2D eigenvalue weighted by Gasteiger charge is 2.19. The Balaban J connectivity index is 2.13. The van der Waals surface area contributed by atoms with E-state index < -0.39 is 0 Å². The van der Waals surface area contributed by atoms with Crippen LogP contribution in [0, 0.1) is 0 Å². The average Bonchev–Trinajstić information content (AvgIpc) is 2.80. The molecule has 0 atom stereocenters. The van der Waals surface area contributed by atoms with Gasteiger partial charge in [-0.05, 0) is 12.1 Å². The number of nitrogens with zero attached hydrogens (tertiary/aromatic N) is 4. The number of carbonyl (C=O) groups excluding carboxylic acids is 1. The molecule has 1 N–H and O–H groups in total. The normalized spacial score (nSPS) is 11.5. The number of pyridine rings is 1. The number of aromatic nitrogens is 4. The molecule has 0 saturated heterocycles. The number of rotatable bonds is 3. The van der Waals surface area contributed by atoms with Crippen molar-refractivity contribution >= 4 is 17.5 Å². The number of aryl methyl sites for hydroxylation is 1. The van der Waals surface area contributed by atoms with Crippen LogP contribution in [0.2, 0.25) is 5.15 Å². The second-order valence-electron chi connectivity index (χ2n) is 5.83. The predicted molar refractivity (Wildman–Crippen MR) is 80.1 cm³/mol. The van der Waals surface area contributed by atoms with Gasteiger partial charge in [0.15, 0.2) is 5.82 Å². The summed E-state index contributed by atoms with van der Waals surface area (Å²) in [6.45, 7) is 6.33. The maximum absolute atomic E-state index is 12.2. The Morgan fingerprint density at radius 1 is 1.38 bits per heavy atom. The summed E-state index contributed by atoms with van der Waals surface area (Å²) in [4.78, 5) is 20.5. The van der Waals surface area contributed by atoms with E-state index in [-0.39, 0.29) is 17.9 Å². The SMILES string of the molecule is Cn1cnc(CNC(=O)c2cc(Cl)nc(C(C)(C)C)c2)n1. The van der Waals surface area contributed by atoms with E-state index in [9.17, 15) is 4.79 Å². The zero-order valence-corrected chi connectivity index (χ0v) is 13.3. The number of hydrogen-bond donors (Lipinski definition) is 1. The summed E-state index contributed by atoms with van der Waals surface area (Å²) in [5.74, 6) is 0.333. The number of nitrogens with one attached hydrogen (secondary N) is 1. The molecule has 21 heavy (non-hydrogen) atoms. The average molecular weight is 308 g/mol. The molecule has 0 unspecified atom stereocenters. The Morgan fingerprint density at radius 3 is 2.67 bits per heavy atom. The minimum absolute atomic E-state index is 0.178. The fraction of sp³-hybridized carbons (Fsp3) is 0.429. The molecule has 1 amide bonds. The molecule has 0 aliphatic rings. The zero-order chi connectivity index (χ0) is 15.6. The molecule has 112 valence electrons. The summed E-state index contributed by atoms with van der Waals surface area (Å²) in [6.07, 6.45) is 1.59. The number of hydrogen-bond acceptors (Lipinski definition) is 4. The Labute approximate surface area is 128 Å². The molecule has 0 spiro atoms. The second-order valence-corrected chi connectivity index (χ2v) is 6.22. The number of carbonyl (C=O) groups is 1. The van der Waals surface area contributed by atoms with Gasteiger partial charge in [0.2, 0.25) is 0 Å². The first-order valence-electron chi connectivity index (χ1n) is 6.56. The molecule has 0 aliphatic carbocycles. The minimum Gasteiger partial charge on any atom is -0.345 e. The van der Waals surface area contributed by atoms with Crippen LogP contribution >= 0.6 is 11.6 Å². The fourth-order valence-electron chi connectivity index (χ4n) is 1.74. The van der Waals surface area contributed by atoms with Crippen LogP contribution in [0.15, 0.2) is 18.5 Å². The van der Waals surface area contributed by atoms with E-state index in [0.717, 1.165) is 5.69 Å². The van der Waals surface area contributed by atoms with Crippen molar-refractivity contribution in [3.8, 4) is 0 Å². The summed E-state index contributed by atoms with van der Waals surface area (Å²) < 4.78 is 1.59. The monoisotopic (exact) mass is 307 g/mol. The molecule has 6 nitrogen and oxygen atoms in total. The molecule has 7 heteroatoms. The van der Waals surface area contributed by atoms with E-state index in [1.54, 1.807) is 30.2 Å². The lowest BCUT2D eigenvalue weighted by Crippen LogP contribution is -2.24. The maximum atomic E-state index is 12.2. The van der Waals surface area contributed by atoms with Crippen molar-refractivity contribution in [1.82, 2.24) is 25.1 Å². The summed E-state index contributed by atoms with van der Waals surface area (Å²) in [5.41, 5.74) is 1.08. The maximum Gasteiger partial charge on any atom is 0.251 e. The van der Waals surface area contributed by atoms with Crippen LogP contribution in [0.5, 0.6) is 0 Å². The smallest absolute Gasteiger partial charge is 0.251 e. The van der Waals surface area contributed by atoms with Crippen LogP contribution in [-0.2, 0) is 19.0 Å². The van der Waals surface area contributed by atoms with E-state index in [1.165, 1.54) is 0 Å². The second kappa shape index (κ2) is 5.81. The molecule has 2 rings (SSSR count). The third-order valence-corrected chi connectivity index (χ3v) is 3.07. The Morgan fingerprint density at radius 2 is 2.10 bits per heavy atom. The highest BCUT2D eigenvalue weighted by molar-refractivity contribution is 6.29. The van der Waals surface area contributed by atoms with Gasteiger partial charge < -0.3 is 5.32 Å². The lowest BCUT2D eigenvalue weighted by molar-refractivity contribution is 0.0949. The largest absolute Gasteiger partial charge is 0.345 e. The lowest BCUT2D eigenvalue weighted by atomic mass is 9.91. The van der Waals surface area contributed by atoms with Gasteiger partial charge in [-0.2, -0.15) is 5.10 Å². The third-order valence-electron chi connectivity index (χ3n) is 2.88. The molecule has 0 aliphatic heterocycles. The highest BCUT2D eigenvalue weighted by atomic mass is 35.5. The van der Waals surface area contributed by atoms with Crippen LogP contribution in [0.4, 0.5) is 0 Å². The van der Waals surface area contributed by atoms with Crippen LogP contribution in [0.1, 0.15) is 42.6 Å². The van der Waals surface area contributed by atoms with E-state index >= 15 is 0 Å². The molecule has 0 fully saturated rings. The van der Waals surface area contributed by atoms with Crippen LogP contribution < -0.4 is 5.32 Å². The van der Waals surface area contributed by atoms with Crippen molar-refractivity contribution in [3.63, 3.8) is 0 Å².